The fraction of sp³-hybridized carbons (Fsp3) is 0.556. The van der Waals surface area contributed by atoms with Crippen LogP contribution in [0.3, 0.4) is 0 Å². The van der Waals surface area contributed by atoms with E-state index in [2.05, 4.69) is 12.2 Å². The predicted octanol–water partition coefficient (Wildman–Crippen LogP) is 3.45. The zero-order chi connectivity index (χ0) is 16.4. The Balaban J connectivity index is 2.43. The van der Waals surface area contributed by atoms with Crippen LogP contribution in [-0.2, 0) is 20.9 Å². The highest BCUT2D eigenvalue weighted by molar-refractivity contribution is 5.76. The lowest BCUT2D eigenvalue weighted by atomic mass is 9.96. The van der Waals surface area contributed by atoms with Crippen molar-refractivity contribution in [1.82, 2.24) is 5.32 Å². The number of benzene rings is 1. The molecule has 0 aliphatic carbocycles. The maximum atomic E-state index is 12.0. The highest BCUT2D eigenvalue weighted by Crippen LogP contribution is 2.18. The van der Waals surface area contributed by atoms with Gasteiger partial charge in [-0.05, 0) is 12.0 Å². The van der Waals surface area contributed by atoms with Gasteiger partial charge in [-0.3, -0.25) is 9.59 Å². The van der Waals surface area contributed by atoms with E-state index in [4.69, 9.17) is 4.74 Å². The summed E-state index contributed by atoms with van der Waals surface area (Å²) in [5.41, 5.74) is 1.08. The molecule has 4 heteroatoms. The van der Waals surface area contributed by atoms with Crippen LogP contribution < -0.4 is 5.32 Å². The van der Waals surface area contributed by atoms with Crippen LogP contribution in [0.25, 0.3) is 0 Å². The molecule has 0 aliphatic heterocycles. The van der Waals surface area contributed by atoms with E-state index in [1.165, 1.54) is 6.92 Å². The zero-order valence-corrected chi connectivity index (χ0v) is 13.8. The Morgan fingerprint density at radius 1 is 1.23 bits per heavy atom. The molecule has 2 unspecified atom stereocenters. The average Bonchev–Trinajstić information content (AvgIpc) is 2.50. The van der Waals surface area contributed by atoms with E-state index >= 15 is 0 Å². The highest BCUT2D eigenvalue weighted by Gasteiger charge is 2.22. The molecule has 0 heterocycles. The Hall–Kier alpha value is -1.84. The summed E-state index contributed by atoms with van der Waals surface area (Å²) in [5, 5.41) is 2.91. The number of unbranched alkanes of at least 4 members (excludes halogenated alkanes) is 1. The minimum Gasteiger partial charge on any atom is -0.462 e. The second kappa shape index (κ2) is 9.98. The molecule has 1 N–H and O–H groups in total. The smallest absolute Gasteiger partial charge is 0.302 e. The Kier molecular flexibility index (Phi) is 8.26. The quantitative estimate of drug-likeness (QED) is 0.711. The van der Waals surface area contributed by atoms with E-state index in [-0.39, 0.29) is 23.9 Å². The SMILES string of the molecule is CCCCC(OC(C)=O)C(C)CC(=O)NCc1ccccc1. The first-order chi connectivity index (χ1) is 10.5. The molecule has 2 atom stereocenters. The van der Waals surface area contributed by atoms with Crippen molar-refractivity contribution < 1.29 is 14.3 Å². The van der Waals surface area contributed by atoms with E-state index in [0.29, 0.717) is 13.0 Å². The lowest BCUT2D eigenvalue weighted by molar-refractivity contribution is -0.150. The largest absolute Gasteiger partial charge is 0.462 e. The van der Waals surface area contributed by atoms with Crippen molar-refractivity contribution >= 4 is 11.9 Å². The first-order valence-corrected chi connectivity index (χ1v) is 8.00. The van der Waals surface area contributed by atoms with Gasteiger partial charge in [0, 0.05) is 25.8 Å². The molecule has 1 rings (SSSR count). The van der Waals surface area contributed by atoms with Crippen molar-refractivity contribution in [2.45, 2.75) is 59.1 Å². The van der Waals surface area contributed by atoms with Gasteiger partial charge < -0.3 is 10.1 Å². The topological polar surface area (TPSA) is 55.4 Å². The number of esters is 1. The third-order valence-electron chi connectivity index (χ3n) is 3.63. The van der Waals surface area contributed by atoms with Crippen molar-refractivity contribution in [3.8, 4) is 0 Å². The van der Waals surface area contributed by atoms with Crippen molar-refractivity contribution in [3.05, 3.63) is 35.9 Å². The van der Waals surface area contributed by atoms with Crippen LogP contribution in [0.2, 0.25) is 0 Å². The van der Waals surface area contributed by atoms with Gasteiger partial charge in [0.2, 0.25) is 5.91 Å². The molecule has 0 radical (unpaired) electrons. The van der Waals surface area contributed by atoms with Gasteiger partial charge in [0.15, 0.2) is 0 Å². The van der Waals surface area contributed by atoms with E-state index in [1.807, 2.05) is 37.3 Å². The molecule has 0 spiro atoms. The Labute approximate surface area is 133 Å². The summed E-state index contributed by atoms with van der Waals surface area (Å²) in [6.45, 7) is 6.01. The first-order valence-electron chi connectivity index (χ1n) is 8.00. The lowest BCUT2D eigenvalue weighted by Gasteiger charge is -2.23. The second-order valence-corrected chi connectivity index (χ2v) is 5.73. The minimum atomic E-state index is -0.280. The predicted molar refractivity (Wildman–Crippen MR) is 87.1 cm³/mol. The second-order valence-electron chi connectivity index (χ2n) is 5.73. The van der Waals surface area contributed by atoms with Crippen LogP contribution in [-0.4, -0.2) is 18.0 Å². The summed E-state index contributed by atoms with van der Waals surface area (Å²) in [7, 11) is 0. The number of carbonyl (C=O) groups is 2. The molecular weight excluding hydrogens is 278 g/mol. The molecule has 1 amide bonds. The van der Waals surface area contributed by atoms with Crippen molar-refractivity contribution in [2.24, 2.45) is 5.92 Å². The number of amides is 1. The number of hydrogen-bond donors (Lipinski definition) is 1. The first kappa shape index (κ1) is 18.2. The third-order valence-corrected chi connectivity index (χ3v) is 3.63. The van der Waals surface area contributed by atoms with Gasteiger partial charge in [0.25, 0.3) is 0 Å². The van der Waals surface area contributed by atoms with Gasteiger partial charge >= 0.3 is 5.97 Å². The van der Waals surface area contributed by atoms with E-state index in [9.17, 15) is 9.59 Å². The number of rotatable bonds is 9. The van der Waals surface area contributed by atoms with Gasteiger partial charge in [0.1, 0.15) is 6.10 Å². The molecule has 0 saturated carbocycles. The number of hydrogen-bond acceptors (Lipinski definition) is 3. The molecule has 1 aromatic carbocycles. The fourth-order valence-electron chi connectivity index (χ4n) is 2.37. The molecule has 0 fully saturated rings. The van der Waals surface area contributed by atoms with E-state index in [1.54, 1.807) is 0 Å². The number of ether oxygens (including phenoxy) is 1. The zero-order valence-electron chi connectivity index (χ0n) is 13.8. The summed E-state index contributed by atoms with van der Waals surface area (Å²) < 4.78 is 5.36. The Morgan fingerprint density at radius 3 is 2.50 bits per heavy atom. The summed E-state index contributed by atoms with van der Waals surface area (Å²) in [6, 6.07) is 9.81. The van der Waals surface area contributed by atoms with Gasteiger partial charge in [-0.15, -0.1) is 0 Å². The monoisotopic (exact) mass is 305 g/mol. The molecule has 122 valence electrons. The van der Waals surface area contributed by atoms with Crippen LogP contribution in [0.1, 0.15) is 52.0 Å². The van der Waals surface area contributed by atoms with Crippen LogP contribution in [0.4, 0.5) is 0 Å². The molecular formula is C18H27NO3. The highest BCUT2D eigenvalue weighted by atomic mass is 16.5. The van der Waals surface area contributed by atoms with Gasteiger partial charge in [-0.2, -0.15) is 0 Å². The maximum absolute atomic E-state index is 12.0. The summed E-state index contributed by atoms with van der Waals surface area (Å²) in [6.07, 6.45) is 3.04. The number of nitrogens with one attached hydrogen (secondary N) is 1. The van der Waals surface area contributed by atoms with Crippen LogP contribution in [0.5, 0.6) is 0 Å². The van der Waals surface area contributed by atoms with Crippen molar-refractivity contribution in [1.29, 1.82) is 0 Å². The summed E-state index contributed by atoms with van der Waals surface area (Å²) in [5.74, 6) is -0.270. The maximum Gasteiger partial charge on any atom is 0.302 e. The molecule has 0 aliphatic rings. The Morgan fingerprint density at radius 2 is 1.91 bits per heavy atom. The third kappa shape index (κ3) is 7.25. The van der Waals surface area contributed by atoms with E-state index in [0.717, 1.165) is 24.8 Å². The van der Waals surface area contributed by atoms with Crippen molar-refractivity contribution in [3.63, 3.8) is 0 Å². The van der Waals surface area contributed by atoms with Crippen LogP contribution >= 0.6 is 0 Å². The van der Waals surface area contributed by atoms with Crippen LogP contribution in [0, 0.1) is 5.92 Å². The van der Waals surface area contributed by atoms with Gasteiger partial charge in [-0.25, -0.2) is 0 Å². The fourth-order valence-corrected chi connectivity index (χ4v) is 2.37. The Bertz CT molecular complexity index is 459. The van der Waals surface area contributed by atoms with Crippen LogP contribution in [0.15, 0.2) is 30.3 Å². The molecule has 1 aromatic rings. The molecule has 4 nitrogen and oxygen atoms in total. The van der Waals surface area contributed by atoms with Crippen molar-refractivity contribution in [2.75, 3.05) is 0 Å². The normalized spacial score (nSPS) is 13.2. The van der Waals surface area contributed by atoms with Gasteiger partial charge in [0.05, 0.1) is 0 Å². The molecule has 22 heavy (non-hydrogen) atoms. The minimum absolute atomic E-state index is 0.00926. The standard InChI is InChI=1S/C18H27NO3/c1-4-5-11-17(22-15(3)20)14(2)12-18(21)19-13-16-9-7-6-8-10-16/h6-10,14,17H,4-5,11-13H2,1-3H3,(H,19,21). The average molecular weight is 305 g/mol. The van der Waals surface area contributed by atoms with Gasteiger partial charge in [-0.1, -0.05) is 57.0 Å². The summed E-state index contributed by atoms with van der Waals surface area (Å²) >= 11 is 0. The molecule has 0 aromatic heterocycles. The number of carbonyl (C=O) groups excluding carboxylic acids is 2. The molecule has 0 bridgehead atoms. The van der Waals surface area contributed by atoms with E-state index < -0.39 is 0 Å². The molecule has 0 saturated heterocycles. The summed E-state index contributed by atoms with van der Waals surface area (Å²) in [4.78, 5) is 23.2. The lowest BCUT2D eigenvalue weighted by Crippen LogP contribution is -2.31.